The lowest BCUT2D eigenvalue weighted by atomic mass is 9.56. The molecule has 4 aliphatic rings. The van der Waals surface area contributed by atoms with E-state index in [0.717, 1.165) is 29.4 Å². The zero-order valence-electron chi connectivity index (χ0n) is 20.9. The zero-order chi connectivity index (χ0) is 27.3. The van der Waals surface area contributed by atoms with Gasteiger partial charge in [0.1, 0.15) is 0 Å². The van der Waals surface area contributed by atoms with Gasteiger partial charge >= 0.3 is 5.97 Å². The number of fused-ring (bicyclic) bond motifs is 3. The smallest absolute Gasteiger partial charge is 0.308 e. The van der Waals surface area contributed by atoms with Crippen LogP contribution in [0.4, 0.5) is 8.78 Å². The van der Waals surface area contributed by atoms with Crippen molar-refractivity contribution in [3.63, 3.8) is 0 Å². The first-order valence-corrected chi connectivity index (χ1v) is 14.5. The van der Waals surface area contributed by atoms with Gasteiger partial charge in [0.25, 0.3) is 0 Å². The fourth-order valence-corrected chi connectivity index (χ4v) is 8.59. The van der Waals surface area contributed by atoms with Crippen molar-refractivity contribution >= 4 is 39.4 Å². The minimum absolute atomic E-state index is 0.0223. The van der Waals surface area contributed by atoms with Gasteiger partial charge in [0.2, 0.25) is 11.2 Å². The Kier molecular flexibility index (Phi) is 5.46. The minimum Gasteiger partial charge on any atom is -0.420 e. The molecule has 3 aromatic rings. The summed E-state index contributed by atoms with van der Waals surface area (Å²) in [7, 11) is 0. The lowest BCUT2D eigenvalue weighted by Crippen LogP contribution is -2.61. The van der Waals surface area contributed by atoms with Gasteiger partial charge in [0, 0.05) is 52.0 Å². The van der Waals surface area contributed by atoms with E-state index in [2.05, 4.69) is 15.9 Å². The summed E-state index contributed by atoms with van der Waals surface area (Å²) in [5, 5.41) is 1.96. The maximum atomic E-state index is 15.4. The average molecular weight is 613 g/mol. The predicted molar refractivity (Wildman–Crippen MR) is 145 cm³/mol. The third-order valence-electron chi connectivity index (χ3n) is 8.57. The molecule has 2 aromatic carbocycles. The Morgan fingerprint density at radius 1 is 1.15 bits per heavy atom. The summed E-state index contributed by atoms with van der Waals surface area (Å²) in [6.45, 7) is 1.51. The quantitative estimate of drug-likeness (QED) is 0.265. The number of benzene rings is 2. The molecule has 7 rings (SSSR count). The number of rotatable bonds is 2. The number of nitrogens with zero attached hydrogens (tertiary/aromatic N) is 2. The van der Waals surface area contributed by atoms with Crippen molar-refractivity contribution in [1.29, 1.82) is 0 Å². The maximum absolute atomic E-state index is 15.4. The first-order valence-electron chi connectivity index (χ1n) is 12.8. The normalized spacial score (nSPS) is 21.5. The summed E-state index contributed by atoms with van der Waals surface area (Å²) in [6, 6.07) is 9.49. The summed E-state index contributed by atoms with van der Waals surface area (Å²) < 4.78 is 37.4. The van der Waals surface area contributed by atoms with Crippen LogP contribution >= 0.6 is 27.7 Å². The third kappa shape index (κ3) is 3.67. The second-order valence-electron chi connectivity index (χ2n) is 11.1. The molecular weight excluding hydrogens is 590 g/mol. The standard InChI is InChI=1S/C29H23BrF2N2O4S/c1-15(35)38-26-20(36)6-9-33-25(26)27(37)29(12-28(13-29)7-8-28)14-34(33)24-16-4-2-3-5-21(16)39-11-17-22(24)18(30)10-19(31)23(17)32/h2-6,9-10,24H,7-8,11-14H2,1H3. The van der Waals surface area contributed by atoms with Gasteiger partial charge in [-0.25, -0.2) is 8.78 Å². The summed E-state index contributed by atoms with van der Waals surface area (Å²) in [5.74, 6) is -2.83. The minimum atomic E-state index is -0.938. The molecule has 10 heteroatoms. The van der Waals surface area contributed by atoms with E-state index >= 15 is 4.39 Å². The molecule has 2 aliphatic heterocycles. The molecule has 0 radical (unpaired) electrons. The molecule has 0 N–H and O–H groups in total. The van der Waals surface area contributed by atoms with E-state index in [-0.39, 0.29) is 34.0 Å². The van der Waals surface area contributed by atoms with Crippen LogP contribution in [0.2, 0.25) is 0 Å². The van der Waals surface area contributed by atoms with Crippen LogP contribution in [0.25, 0.3) is 0 Å². The second-order valence-corrected chi connectivity index (χ2v) is 13.0. The van der Waals surface area contributed by atoms with Crippen molar-refractivity contribution in [1.82, 2.24) is 4.68 Å². The van der Waals surface area contributed by atoms with Gasteiger partial charge in [-0.3, -0.25) is 24.1 Å². The van der Waals surface area contributed by atoms with Gasteiger partial charge in [0.15, 0.2) is 23.1 Å². The number of ketones is 1. The molecule has 0 saturated heterocycles. The summed E-state index contributed by atoms with van der Waals surface area (Å²) in [4.78, 5) is 40.0. The van der Waals surface area contributed by atoms with Crippen molar-refractivity contribution in [3.05, 3.63) is 91.3 Å². The Labute approximate surface area is 235 Å². The van der Waals surface area contributed by atoms with E-state index in [1.165, 1.54) is 30.9 Å². The number of hydrogen-bond donors (Lipinski definition) is 0. The van der Waals surface area contributed by atoms with Gasteiger partial charge in [-0.15, -0.1) is 11.8 Å². The van der Waals surface area contributed by atoms with Gasteiger partial charge < -0.3 is 4.74 Å². The van der Waals surface area contributed by atoms with Gasteiger partial charge in [-0.1, -0.05) is 34.1 Å². The van der Waals surface area contributed by atoms with Crippen molar-refractivity contribution < 1.29 is 23.1 Å². The van der Waals surface area contributed by atoms with Crippen LogP contribution in [0, 0.1) is 22.5 Å². The SMILES string of the molecule is CC(=O)Oc1c2n(ccc1=O)N(C1c3ccccc3SCc3c(F)c(F)cc(Br)c31)CC1(CC3(CC3)C1)C2=O. The molecule has 3 heterocycles. The molecule has 2 spiro atoms. The van der Waals surface area contributed by atoms with E-state index in [9.17, 15) is 18.8 Å². The van der Waals surface area contributed by atoms with E-state index in [4.69, 9.17) is 4.74 Å². The number of carbonyl (C=O) groups is 2. The summed E-state index contributed by atoms with van der Waals surface area (Å²) in [6.07, 6.45) is 4.97. The Hall–Kier alpha value is -2.98. The van der Waals surface area contributed by atoms with E-state index in [0.29, 0.717) is 29.4 Å². The first-order chi connectivity index (χ1) is 18.6. The highest BCUT2D eigenvalue weighted by molar-refractivity contribution is 9.10. The van der Waals surface area contributed by atoms with Crippen LogP contribution in [0.15, 0.2) is 56.8 Å². The second kappa shape index (κ2) is 8.51. The Morgan fingerprint density at radius 3 is 2.62 bits per heavy atom. The molecule has 2 aliphatic carbocycles. The lowest BCUT2D eigenvalue weighted by Gasteiger charge is -2.55. The number of esters is 1. The lowest BCUT2D eigenvalue weighted by molar-refractivity contribution is -0.132. The number of aromatic nitrogens is 1. The van der Waals surface area contributed by atoms with Gasteiger partial charge in [-0.2, -0.15) is 0 Å². The number of ether oxygens (including phenoxy) is 1. The fourth-order valence-electron chi connectivity index (χ4n) is 6.83. The fraction of sp³-hybridized carbons (Fsp3) is 0.345. The molecule has 1 unspecified atom stereocenters. The number of Topliss-reactive ketones (excluding diaryl/α,β-unsaturated/α-hetero) is 1. The molecule has 1 aromatic heterocycles. The van der Waals surface area contributed by atoms with Crippen molar-refractivity contribution in [2.24, 2.45) is 10.8 Å². The van der Waals surface area contributed by atoms with Crippen molar-refractivity contribution in [2.45, 2.75) is 49.3 Å². The molecule has 2 fully saturated rings. The summed E-state index contributed by atoms with van der Waals surface area (Å²) >= 11 is 4.95. The molecule has 39 heavy (non-hydrogen) atoms. The topological polar surface area (TPSA) is 68.6 Å². The number of carbonyl (C=O) groups excluding carboxylic acids is 2. The van der Waals surface area contributed by atoms with Crippen LogP contribution < -0.4 is 15.2 Å². The van der Waals surface area contributed by atoms with E-state index in [1.54, 1.807) is 4.68 Å². The molecule has 200 valence electrons. The highest BCUT2D eigenvalue weighted by atomic mass is 79.9. The van der Waals surface area contributed by atoms with E-state index < -0.39 is 34.5 Å². The Bertz CT molecular complexity index is 1660. The predicted octanol–water partition coefficient (Wildman–Crippen LogP) is 5.90. The molecular formula is C29H23BrF2N2O4S. The number of halogens is 3. The number of hydrogen-bond acceptors (Lipinski definition) is 6. The van der Waals surface area contributed by atoms with Gasteiger partial charge in [-0.05, 0) is 48.8 Å². The maximum Gasteiger partial charge on any atom is 0.308 e. The molecule has 2 saturated carbocycles. The van der Waals surface area contributed by atoms with Gasteiger partial charge in [0.05, 0.1) is 11.5 Å². The highest BCUT2D eigenvalue weighted by Gasteiger charge is 2.66. The molecule has 6 nitrogen and oxygen atoms in total. The number of pyridine rings is 1. The largest absolute Gasteiger partial charge is 0.420 e. The molecule has 0 amide bonds. The third-order valence-corrected chi connectivity index (χ3v) is 10.3. The van der Waals surface area contributed by atoms with Crippen LogP contribution in [0.5, 0.6) is 5.75 Å². The average Bonchev–Trinajstić information content (AvgIpc) is 3.68. The summed E-state index contributed by atoms with van der Waals surface area (Å²) in [5.41, 5.74) is 0.507. The van der Waals surface area contributed by atoms with Crippen LogP contribution in [-0.4, -0.2) is 23.0 Å². The molecule has 0 bridgehead atoms. The van der Waals surface area contributed by atoms with Crippen LogP contribution in [0.3, 0.4) is 0 Å². The molecule has 1 atom stereocenters. The van der Waals surface area contributed by atoms with Crippen molar-refractivity contribution in [3.8, 4) is 5.75 Å². The van der Waals surface area contributed by atoms with Crippen molar-refractivity contribution in [2.75, 3.05) is 11.6 Å². The van der Waals surface area contributed by atoms with Crippen LogP contribution in [-0.2, 0) is 10.5 Å². The van der Waals surface area contributed by atoms with E-state index in [1.807, 2.05) is 29.3 Å². The Balaban J connectivity index is 1.51. The Morgan fingerprint density at radius 2 is 1.90 bits per heavy atom. The first kappa shape index (κ1) is 25.0. The highest BCUT2D eigenvalue weighted by Crippen LogP contribution is 2.70. The zero-order valence-corrected chi connectivity index (χ0v) is 23.3. The number of thioether (sulfide) groups is 1. The monoisotopic (exact) mass is 612 g/mol. The van der Waals surface area contributed by atoms with Crippen LogP contribution in [0.1, 0.15) is 65.8 Å².